The largest absolute Gasteiger partial charge is 0.449 e. The van der Waals surface area contributed by atoms with E-state index in [9.17, 15) is 9.59 Å². The molecular weight excluding hydrogens is 270 g/mol. The Bertz CT molecular complexity index is 470. The first-order valence-electron chi connectivity index (χ1n) is 7.33. The first kappa shape index (κ1) is 15.3. The van der Waals surface area contributed by atoms with Crippen molar-refractivity contribution in [2.75, 3.05) is 32.8 Å². The second-order valence-electron chi connectivity index (χ2n) is 4.99. The smallest absolute Gasteiger partial charge is 0.409 e. The number of rotatable bonds is 4. The van der Waals surface area contributed by atoms with Crippen molar-refractivity contribution in [2.45, 2.75) is 19.8 Å². The molecule has 1 aromatic rings. The van der Waals surface area contributed by atoms with Crippen molar-refractivity contribution in [3.8, 4) is 0 Å². The third kappa shape index (κ3) is 4.18. The van der Waals surface area contributed by atoms with Gasteiger partial charge >= 0.3 is 6.09 Å². The Labute approximate surface area is 124 Å². The number of nitrogens with zero attached hydrogens (tertiary/aromatic N) is 3. The molecule has 1 aliphatic heterocycles. The Hall–Kier alpha value is -2.11. The number of carbonyl (C=O) groups is 2. The van der Waals surface area contributed by atoms with Crippen molar-refractivity contribution >= 4 is 12.0 Å². The molecule has 21 heavy (non-hydrogen) atoms. The molecular formula is C15H21N3O3. The fourth-order valence-corrected chi connectivity index (χ4v) is 2.16. The summed E-state index contributed by atoms with van der Waals surface area (Å²) in [4.78, 5) is 31.4. The zero-order valence-electron chi connectivity index (χ0n) is 12.3. The van der Waals surface area contributed by atoms with E-state index in [1.807, 2.05) is 0 Å². The lowest BCUT2D eigenvalue weighted by Gasteiger charge is -2.34. The van der Waals surface area contributed by atoms with Gasteiger partial charge < -0.3 is 14.5 Å². The fraction of sp³-hybridized carbons (Fsp3) is 0.533. The van der Waals surface area contributed by atoms with Crippen molar-refractivity contribution in [1.82, 2.24) is 14.8 Å². The van der Waals surface area contributed by atoms with Crippen LogP contribution in [0, 0.1) is 0 Å². The quantitative estimate of drug-likeness (QED) is 0.793. The first-order chi connectivity index (χ1) is 10.2. The third-order valence-corrected chi connectivity index (χ3v) is 3.46. The van der Waals surface area contributed by atoms with Crippen LogP contribution in [0.3, 0.4) is 0 Å². The summed E-state index contributed by atoms with van der Waals surface area (Å²) in [5.41, 5.74) is 0.580. The Kier molecular flexibility index (Phi) is 5.54. The van der Waals surface area contributed by atoms with E-state index in [4.69, 9.17) is 4.74 Å². The number of hydrogen-bond acceptors (Lipinski definition) is 4. The zero-order chi connectivity index (χ0) is 15.1. The monoisotopic (exact) mass is 291 g/mol. The van der Waals surface area contributed by atoms with E-state index in [1.165, 1.54) is 0 Å². The van der Waals surface area contributed by atoms with Gasteiger partial charge in [0.05, 0.1) is 12.2 Å². The minimum atomic E-state index is -0.281. The SMILES string of the molecule is CCCCOC(=O)N1CCN(C(=O)c2cccnc2)CC1. The van der Waals surface area contributed by atoms with Crippen LogP contribution in [0.2, 0.25) is 0 Å². The van der Waals surface area contributed by atoms with Crippen LogP contribution in [0.5, 0.6) is 0 Å². The van der Waals surface area contributed by atoms with Gasteiger partial charge in [0.2, 0.25) is 0 Å². The number of ether oxygens (including phenoxy) is 1. The molecule has 114 valence electrons. The maximum atomic E-state index is 12.2. The van der Waals surface area contributed by atoms with E-state index in [0.29, 0.717) is 38.3 Å². The lowest BCUT2D eigenvalue weighted by atomic mass is 10.2. The molecule has 1 saturated heterocycles. The average molecular weight is 291 g/mol. The second-order valence-corrected chi connectivity index (χ2v) is 4.99. The number of aromatic nitrogens is 1. The summed E-state index contributed by atoms with van der Waals surface area (Å²) in [6, 6.07) is 3.50. The van der Waals surface area contributed by atoms with E-state index in [1.54, 1.807) is 34.3 Å². The Morgan fingerprint density at radius 2 is 1.95 bits per heavy atom. The molecule has 0 spiro atoms. The topological polar surface area (TPSA) is 62.7 Å². The van der Waals surface area contributed by atoms with Gasteiger partial charge in [-0.2, -0.15) is 0 Å². The fourth-order valence-electron chi connectivity index (χ4n) is 2.16. The summed E-state index contributed by atoms with van der Waals surface area (Å²) in [7, 11) is 0. The Morgan fingerprint density at radius 3 is 2.57 bits per heavy atom. The molecule has 0 saturated carbocycles. The molecule has 0 unspecified atom stereocenters. The Balaban J connectivity index is 1.80. The molecule has 6 heteroatoms. The van der Waals surface area contributed by atoms with Crippen LogP contribution in [0.15, 0.2) is 24.5 Å². The van der Waals surface area contributed by atoms with Gasteiger partial charge in [-0.05, 0) is 18.6 Å². The van der Waals surface area contributed by atoms with Crippen molar-refractivity contribution < 1.29 is 14.3 Å². The van der Waals surface area contributed by atoms with Crippen LogP contribution in [0.1, 0.15) is 30.1 Å². The minimum Gasteiger partial charge on any atom is -0.449 e. The number of carbonyl (C=O) groups excluding carboxylic acids is 2. The van der Waals surface area contributed by atoms with Crippen LogP contribution in [0.25, 0.3) is 0 Å². The maximum absolute atomic E-state index is 12.2. The lowest BCUT2D eigenvalue weighted by molar-refractivity contribution is 0.0557. The standard InChI is InChI=1S/C15H21N3O3/c1-2-3-11-21-15(20)18-9-7-17(8-10-18)14(19)13-5-4-6-16-12-13/h4-6,12H,2-3,7-11H2,1H3. The summed E-state index contributed by atoms with van der Waals surface area (Å²) in [6.07, 6.45) is 4.80. The van der Waals surface area contributed by atoms with Gasteiger partial charge in [0.1, 0.15) is 0 Å². The summed E-state index contributed by atoms with van der Waals surface area (Å²) < 4.78 is 5.18. The van der Waals surface area contributed by atoms with Gasteiger partial charge in [0, 0.05) is 38.6 Å². The maximum Gasteiger partial charge on any atom is 0.409 e. The van der Waals surface area contributed by atoms with Crippen LogP contribution < -0.4 is 0 Å². The molecule has 2 amide bonds. The van der Waals surface area contributed by atoms with Gasteiger partial charge in [-0.15, -0.1) is 0 Å². The van der Waals surface area contributed by atoms with Crippen LogP contribution in [-0.2, 0) is 4.74 Å². The molecule has 1 fully saturated rings. The second kappa shape index (κ2) is 7.61. The number of amides is 2. The first-order valence-corrected chi connectivity index (χ1v) is 7.33. The summed E-state index contributed by atoms with van der Waals surface area (Å²) >= 11 is 0. The third-order valence-electron chi connectivity index (χ3n) is 3.46. The van der Waals surface area contributed by atoms with Crippen LogP contribution in [-0.4, -0.2) is 59.6 Å². The highest BCUT2D eigenvalue weighted by molar-refractivity contribution is 5.94. The van der Waals surface area contributed by atoms with Gasteiger partial charge in [-0.25, -0.2) is 4.79 Å². The van der Waals surface area contributed by atoms with E-state index >= 15 is 0 Å². The minimum absolute atomic E-state index is 0.0397. The van der Waals surface area contributed by atoms with Gasteiger partial charge in [-0.1, -0.05) is 13.3 Å². The normalized spacial score (nSPS) is 14.9. The molecule has 0 aromatic carbocycles. The molecule has 1 aliphatic rings. The molecule has 6 nitrogen and oxygen atoms in total. The molecule has 2 heterocycles. The number of pyridine rings is 1. The predicted octanol–water partition coefficient (Wildman–Crippen LogP) is 1.78. The highest BCUT2D eigenvalue weighted by Crippen LogP contribution is 2.09. The molecule has 0 radical (unpaired) electrons. The van der Waals surface area contributed by atoms with Crippen molar-refractivity contribution in [3.63, 3.8) is 0 Å². The van der Waals surface area contributed by atoms with Crippen LogP contribution in [0.4, 0.5) is 4.79 Å². The molecule has 0 atom stereocenters. The molecule has 0 N–H and O–H groups in total. The van der Waals surface area contributed by atoms with Crippen LogP contribution >= 0.6 is 0 Å². The molecule has 2 rings (SSSR count). The predicted molar refractivity (Wildman–Crippen MR) is 78.0 cm³/mol. The number of piperazine rings is 1. The van der Waals surface area contributed by atoms with Gasteiger partial charge in [0.25, 0.3) is 5.91 Å². The van der Waals surface area contributed by atoms with Crippen molar-refractivity contribution in [2.24, 2.45) is 0 Å². The average Bonchev–Trinajstić information content (AvgIpc) is 2.55. The highest BCUT2D eigenvalue weighted by Gasteiger charge is 2.25. The van der Waals surface area contributed by atoms with E-state index in [0.717, 1.165) is 12.8 Å². The zero-order valence-corrected chi connectivity index (χ0v) is 12.3. The van der Waals surface area contributed by atoms with Crippen molar-refractivity contribution in [3.05, 3.63) is 30.1 Å². The summed E-state index contributed by atoms with van der Waals surface area (Å²) in [5, 5.41) is 0. The number of hydrogen-bond donors (Lipinski definition) is 0. The lowest BCUT2D eigenvalue weighted by Crippen LogP contribution is -2.50. The number of unbranched alkanes of at least 4 members (excludes halogenated alkanes) is 1. The van der Waals surface area contributed by atoms with Gasteiger partial charge in [-0.3, -0.25) is 9.78 Å². The van der Waals surface area contributed by atoms with Crippen molar-refractivity contribution in [1.29, 1.82) is 0 Å². The molecule has 0 aliphatic carbocycles. The molecule has 0 bridgehead atoms. The summed E-state index contributed by atoms with van der Waals surface area (Å²) in [6.45, 7) is 4.59. The molecule has 1 aromatic heterocycles. The van der Waals surface area contributed by atoms with Gasteiger partial charge in [0.15, 0.2) is 0 Å². The van der Waals surface area contributed by atoms with E-state index < -0.39 is 0 Å². The van der Waals surface area contributed by atoms with E-state index in [2.05, 4.69) is 11.9 Å². The van der Waals surface area contributed by atoms with E-state index in [-0.39, 0.29) is 12.0 Å². The summed E-state index contributed by atoms with van der Waals surface area (Å²) in [5.74, 6) is -0.0397. The highest BCUT2D eigenvalue weighted by atomic mass is 16.6. The Morgan fingerprint density at radius 1 is 1.24 bits per heavy atom.